The van der Waals surface area contributed by atoms with Crippen LogP contribution in [0.4, 0.5) is 4.79 Å². The molecular formula is C12H21NO4. The fourth-order valence-corrected chi connectivity index (χ4v) is 2.14. The minimum absolute atomic E-state index is 0.0278. The number of carboxylic acid groups (broad SMARTS) is 1. The molecule has 1 N–H and O–H groups in total. The van der Waals surface area contributed by atoms with Crippen LogP contribution in [0.25, 0.3) is 0 Å². The lowest BCUT2D eigenvalue weighted by Gasteiger charge is -2.28. The maximum Gasteiger partial charge on any atom is 0.411 e. The molecule has 0 aliphatic carbocycles. The number of carboxylic acids is 1. The van der Waals surface area contributed by atoms with E-state index in [4.69, 9.17) is 4.74 Å². The molecule has 1 amide bonds. The van der Waals surface area contributed by atoms with Crippen LogP contribution in [0.1, 0.15) is 40.5 Å². The smallest absolute Gasteiger partial charge is 0.411 e. The number of amides is 1. The van der Waals surface area contributed by atoms with E-state index in [0.29, 0.717) is 6.54 Å². The molecule has 1 fully saturated rings. The Morgan fingerprint density at radius 3 is 2.41 bits per heavy atom. The van der Waals surface area contributed by atoms with Crippen LogP contribution in [0.15, 0.2) is 0 Å². The highest BCUT2D eigenvalue weighted by Crippen LogP contribution is 2.28. The van der Waals surface area contributed by atoms with Gasteiger partial charge >= 0.3 is 12.1 Å². The molecule has 17 heavy (non-hydrogen) atoms. The summed E-state index contributed by atoms with van der Waals surface area (Å²) in [5, 5.41) is 9.18. The fraction of sp³-hybridized carbons (Fsp3) is 0.833. The van der Waals surface area contributed by atoms with Crippen molar-refractivity contribution in [2.24, 2.45) is 5.92 Å². The van der Waals surface area contributed by atoms with Crippen molar-refractivity contribution < 1.29 is 19.4 Å². The summed E-state index contributed by atoms with van der Waals surface area (Å²) in [5.41, 5.74) is -0.593. The Balaban J connectivity index is 2.76. The largest absolute Gasteiger partial charge is 0.480 e. The SMILES string of the molecule is CC[C@@H]1CCN(C(=O)OC(C)(C)C)[C@@H]1C(=O)O. The molecule has 1 saturated heterocycles. The van der Waals surface area contributed by atoms with Gasteiger partial charge in [0, 0.05) is 6.54 Å². The molecule has 0 bridgehead atoms. The monoisotopic (exact) mass is 243 g/mol. The molecule has 0 saturated carbocycles. The number of hydrogen-bond donors (Lipinski definition) is 1. The zero-order chi connectivity index (χ0) is 13.2. The van der Waals surface area contributed by atoms with Gasteiger partial charge < -0.3 is 9.84 Å². The predicted molar refractivity (Wildman–Crippen MR) is 62.8 cm³/mol. The quantitative estimate of drug-likeness (QED) is 0.806. The lowest BCUT2D eigenvalue weighted by molar-refractivity contribution is -0.143. The molecule has 5 heteroatoms. The summed E-state index contributed by atoms with van der Waals surface area (Å²) in [6, 6.07) is -0.741. The summed E-state index contributed by atoms with van der Waals surface area (Å²) in [6.45, 7) is 7.72. The molecule has 1 aliphatic rings. The average molecular weight is 243 g/mol. The van der Waals surface area contributed by atoms with Crippen LogP contribution >= 0.6 is 0 Å². The molecule has 0 spiro atoms. The predicted octanol–water partition coefficient (Wildman–Crippen LogP) is 2.11. The summed E-state index contributed by atoms with van der Waals surface area (Å²) in [7, 11) is 0. The van der Waals surface area contributed by atoms with E-state index in [1.54, 1.807) is 20.8 Å². The van der Waals surface area contributed by atoms with Gasteiger partial charge in [-0.2, -0.15) is 0 Å². The zero-order valence-corrected chi connectivity index (χ0v) is 10.9. The standard InChI is InChI=1S/C12H21NO4/c1-5-8-6-7-13(9(8)10(14)15)11(16)17-12(2,3)4/h8-9H,5-7H2,1-4H3,(H,14,15)/t8-,9+/m1/s1. The van der Waals surface area contributed by atoms with Crippen molar-refractivity contribution in [3.63, 3.8) is 0 Å². The van der Waals surface area contributed by atoms with E-state index in [1.165, 1.54) is 4.90 Å². The Hall–Kier alpha value is -1.26. The van der Waals surface area contributed by atoms with Gasteiger partial charge in [0.15, 0.2) is 0 Å². The van der Waals surface area contributed by atoms with Crippen molar-refractivity contribution in [1.82, 2.24) is 4.90 Å². The summed E-state index contributed by atoms with van der Waals surface area (Å²) in [5.74, 6) is -0.916. The normalized spacial score (nSPS) is 24.8. The minimum atomic E-state index is -0.944. The molecule has 1 aliphatic heterocycles. The molecular weight excluding hydrogens is 222 g/mol. The lowest BCUT2D eigenvalue weighted by Crippen LogP contribution is -2.45. The number of rotatable bonds is 2. The highest BCUT2D eigenvalue weighted by molar-refractivity contribution is 5.81. The van der Waals surface area contributed by atoms with E-state index in [2.05, 4.69) is 0 Å². The highest BCUT2D eigenvalue weighted by Gasteiger charge is 2.42. The van der Waals surface area contributed by atoms with Crippen molar-refractivity contribution in [1.29, 1.82) is 0 Å². The number of aliphatic carboxylic acids is 1. The van der Waals surface area contributed by atoms with Gasteiger partial charge in [-0.1, -0.05) is 13.3 Å². The number of nitrogens with zero attached hydrogens (tertiary/aromatic N) is 1. The molecule has 1 rings (SSSR count). The van der Waals surface area contributed by atoms with Gasteiger partial charge in [0.2, 0.25) is 0 Å². The Labute approximate surface area is 102 Å². The third-order valence-electron chi connectivity index (χ3n) is 2.93. The summed E-state index contributed by atoms with van der Waals surface area (Å²) in [4.78, 5) is 24.4. The van der Waals surface area contributed by atoms with Gasteiger partial charge in [-0.15, -0.1) is 0 Å². The molecule has 0 unspecified atom stereocenters. The maximum absolute atomic E-state index is 11.9. The minimum Gasteiger partial charge on any atom is -0.480 e. The van der Waals surface area contributed by atoms with E-state index in [0.717, 1.165) is 12.8 Å². The van der Waals surface area contributed by atoms with Crippen LogP contribution in [0.2, 0.25) is 0 Å². The van der Waals surface area contributed by atoms with Crippen molar-refractivity contribution in [2.45, 2.75) is 52.2 Å². The Bertz CT molecular complexity index is 308. The van der Waals surface area contributed by atoms with Crippen molar-refractivity contribution in [2.75, 3.05) is 6.54 Å². The first kappa shape index (κ1) is 13.8. The van der Waals surface area contributed by atoms with Crippen molar-refractivity contribution in [3.8, 4) is 0 Å². The van der Waals surface area contributed by atoms with Gasteiger partial charge in [0.1, 0.15) is 11.6 Å². The molecule has 1 heterocycles. The van der Waals surface area contributed by atoms with Gasteiger partial charge in [-0.3, -0.25) is 4.90 Å². The third-order valence-corrected chi connectivity index (χ3v) is 2.93. The number of carbonyl (C=O) groups excluding carboxylic acids is 1. The first-order chi connectivity index (χ1) is 7.76. The average Bonchev–Trinajstić information content (AvgIpc) is 2.57. The van der Waals surface area contributed by atoms with E-state index in [9.17, 15) is 14.7 Å². The number of ether oxygens (including phenoxy) is 1. The maximum atomic E-state index is 11.9. The zero-order valence-electron chi connectivity index (χ0n) is 10.9. The lowest BCUT2D eigenvalue weighted by atomic mass is 9.98. The van der Waals surface area contributed by atoms with Crippen LogP contribution in [0.5, 0.6) is 0 Å². The number of likely N-dealkylation sites (tertiary alicyclic amines) is 1. The van der Waals surface area contributed by atoms with Crippen LogP contribution < -0.4 is 0 Å². The van der Waals surface area contributed by atoms with Crippen LogP contribution in [0, 0.1) is 5.92 Å². The first-order valence-corrected chi connectivity index (χ1v) is 5.98. The number of carbonyl (C=O) groups is 2. The molecule has 5 nitrogen and oxygen atoms in total. The van der Waals surface area contributed by atoms with Crippen LogP contribution in [0.3, 0.4) is 0 Å². The second kappa shape index (κ2) is 4.94. The van der Waals surface area contributed by atoms with Crippen molar-refractivity contribution >= 4 is 12.1 Å². The van der Waals surface area contributed by atoms with Crippen LogP contribution in [-0.2, 0) is 9.53 Å². The fourth-order valence-electron chi connectivity index (χ4n) is 2.14. The Kier molecular flexibility index (Phi) is 4.01. The number of hydrogen-bond acceptors (Lipinski definition) is 3. The molecule has 0 radical (unpaired) electrons. The van der Waals surface area contributed by atoms with Gasteiger partial charge in [-0.25, -0.2) is 9.59 Å². The molecule has 0 aromatic rings. The Morgan fingerprint density at radius 1 is 1.41 bits per heavy atom. The van der Waals surface area contributed by atoms with Crippen LogP contribution in [-0.4, -0.2) is 40.3 Å². The van der Waals surface area contributed by atoms with Gasteiger partial charge in [-0.05, 0) is 33.1 Å². The topological polar surface area (TPSA) is 66.8 Å². The molecule has 0 aromatic heterocycles. The van der Waals surface area contributed by atoms with E-state index in [1.807, 2.05) is 6.92 Å². The summed E-state index contributed by atoms with van der Waals surface area (Å²) in [6.07, 6.45) is 0.962. The summed E-state index contributed by atoms with van der Waals surface area (Å²) >= 11 is 0. The van der Waals surface area contributed by atoms with E-state index < -0.39 is 23.7 Å². The van der Waals surface area contributed by atoms with Crippen molar-refractivity contribution in [3.05, 3.63) is 0 Å². The summed E-state index contributed by atoms with van der Waals surface area (Å²) < 4.78 is 5.22. The molecule has 0 aromatic carbocycles. The van der Waals surface area contributed by atoms with Gasteiger partial charge in [0.05, 0.1) is 0 Å². The molecule has 2 atom stereocenters. The highest BCUT2D eigenvalue weighted by atomic mass is 16.6. The Morgan fingerprint density at radius 2 is 2.00 bits per heavy atom. The third kappa shape index (κ3) is 3.35. The van der Waals surface area contributed by atoms with Gasteiger partial charge in [0.25, 0.3) is 0 Å². The molecule has 98 valence electrons. The van der Waals surface area contributed by atoms with E-state index in [-0.39, 0.29) is 5.92 Å². The second-order valence-electron chi connectivity index (χ2n) is 5.41. The van der Waals surface area contributed by atoms with E-state index >= 15 is 0 Å². The second-order valence-corrected chi connectivity index (χ2v) is 5.41. The first-order valence-electron chi connectivity index (χ1n) is 5.98.